The summed E-state index contributed by atoms with van der Waals surface area (Å²) in [5.74, 6) is -10.0. The summed E-state index contributed by atoms with van der Waals surface area (Å²) in [6.45, 7) is 7.87. The lowest BCUT2D eigenvalue weighted by molar-refractivity contribution is -0.192. The first-order valence-electron chi connectivity index (χ1n) is 23.7. The van der Waals surface area contributed by atoms with Crippen molar-refractivity contribution in [2.75, 3.05) is 62.2 Å². The summed E-state index contributed by atoms with van der Waals surface area (Å²) in [7, 11) is 0. The summed E-state index contributed by atoms with van der Waals surface area (Å²) in [5.41, 5.74) is 3.77. The van der Waals surface area contributed by atoms with Crippen molar-refractivity contribution < 1.29 is 60.5 Å². The molecule has 3 aliphatic heterocycles. The van der Waals surface area contributed by atoms with Crippen LogP contribution in [0.15, 0.2) is 48.7 Å². The highest BCUT2D eigenvalue weighted by Gasteiger charge is 2.41. The number of aromatic hydroxyl groups is 1. The van der Waals surface area contributed by atoms with Crippen molar-refractivity contribution in [2.45, 2.75) is 95.8 Å². The van der Waals surface area contributed by atoms with Crippen LogP contribution in [0.1, 0.15) is 103 Å². The lowest BCUT2D eigenvalue weighted by Gasteiger charge is -2.49. The van der Waals surface area contributed by atoms with Gasteiger partial charge in [0.25, 0.3) is 11.8 Å². The van der Waals surface area contributed by atoms with Gasteiger partial charge in [0, 0.05) is 93.3 Å². The second-order valence-corrected chi connectivity index (χ2v) is 19.2. The Bertz CT molecular complexity index is 2630. The first-order chi connectivity index (χ1) is 33.3. The minimum absolute atomic E-state index is 0.00481. The number of nitrogens with zero attached hydrogens (tertiary/aromatic N) is 6. The normalized spacial score (nSPS) is 21.3. The predicted octanol–water partition coefficient (Wildman–Crippen LogP) is 7.70. The number of piperazine rings is 1. The highest BCUT2D eigenvalue weighted by Crippen LogP contribution is 2.46. The van der Waals surface area contributed by atoms with Gasteiger partial charge in [-0.25, -0.2) is 18.4 Å². The summed E-state index contributed by atoms with van der Waals surface area (Å²) in [4.78, 5) is 67.9. The van der Waals surface area contributed by atoms with E-state index in [0.29, 0.717) is 29.9 Å². The van der Waals surface area contributed by atoms with Crippen LogP contribution in [-0.4, -0.2) is 124 Å². The fourth-order valence-electron chi connectivity index (χ4n) is 10.7. The average Bonchev–Trinajstić information content (AvgIpc) is 3.78. The highest BCUT2D eigenvalue weighted by atomic mass is 19.4. The molecule has 0 atom stereocenters. The molecule has 0 unspecified atom stereocenters. The van der Waals surface area contributed by atoms with Crippen LogP contribution in [0.2, 0.25) is 0 Å². The molecular formula is C49H56F6N8O7. The Morgan fingerprint density at radius 1 is 0.829 bits per heavy atom. The molecule has 21 heteroatoms. The van der Waals surface area contributed by atoms with E-state index in [1.165, 1.54) is 31.4 Å². The van der Waals surface area contributed by atoms with Crippen molar-refractivity contribution >= 4 is 52.0 Å². The minimum atomic E-state index is -5.08. The van der Waals surface area contributed by atoms with Crippen LogP contribution < -0.4 is 20.4 Å². The molecule has 2 aliphatic carbocycles. The first-order valence-corrected chi connectivity index (χ1v) is 23.7. The molecule has 1 spiro atoms. The fourth-order valence-corrected chi connectivity index (χ4v) is 10.7. The van der Waals surface area contributed by atoms with Crippen LogP contribution in [0.4, 0.5) is 42.5 Å². The zero-order valence-corrected chi connectivity index (χ0v) is 38.7. The van der Waals surface area contributed by atoms with Crippen molar-refractivity contribution in [2.24, 2.45) is 11.3 Å². The van der Waals surface area contributed by atoms with E-state index in [-0.39, 0.29) is 42.2 Å². The number of benzene rings is 3. The van der Waals surface area contributed by atoms with Crippen LogP contribution in [0.5, 0.6) is 5.75 Å². The molecule has 3 saturated heterocycles. The third-order valence-electron chi connectivity index (χ3n) is 15.0. The number of carbonyl (C=O) groups is 5. The molecule has 0 bridgehead atoms. The van der Waals surface area contributed by atoms with Crippen LogP contribution in [0.3, 0.4) is 0 Å². The zero-order chi connectivity index (χ0) is 50.1. The Labute approximate surface area is 399 Å². The number of anilines is 2. The molecule has 3 aromatic carbocycles. The van der Waals surface area contributed by atoms with E-state index in [1.54, 1.807) is 11.0 Å². The van der Waals surface area contributed by atoms with Gasteiger partial charge in [-0.3, -0.25) is 34.2 Å². The molecule has 70 heavy (non-hydrogen) atoms. The Hall–Kier alpha value is -6.38. The van der Waals surface area contributed by atoms with Crippen LogP contribution in [0, 0.1) is 35.7 Å². The number of rotatable bonds is 8. The highest BCUT2D eigenvalue weighted by molar-refractivity contribution is 6.06. The van der Waals surface area contributed by atoms with Gasteiger partial charge in [-0.2, -0.15) is 22.7 Å². The van der Waals surface area contributed by atoms with E-state index in [9.17, 15) is 50.6 Å². The van der Waals surface area contributed by atoms with Gasteiger partial charge in [0.05, 0.1) is 17.1 Å². The molecular weight excluding hydrogens is 927 g/mol. The second kappa shape index (κ2) is 20.5. The summed E-state index contributed by atoms with van der Waals surface area (Å²) in [5, 5.41) is 27.4. The van der Waals surface area contributed by atoms with Gasteiger partial charge in [-0.1, -0.05) is 6.07 Å². The van der Waals surface area contributed by atoms with E-state index in [0.717, 1.165) is 94.3 Å². The number of hydrogen-bond acceptors (Lipinski definition) is 9. The standard InChI is InChI=1S/C47H55F3N8O5.C2HF3O2/c1-29-2-5-31(24-39(29)57-17-12-40(59)52-46(57)63)45(62)56-18-15-47(16-19-56)13-10-33(11-14-47)54-20-22-55(23-21-54)35-9-6-32-28-58(53-38(32)25-35)34-7-3-30(4-8-34)27-51-44(61)36-26-37(48)43(60)42(50)41(36)49;3-2(4,5)1(6)7/h2,5-6,9,24-26,28,30,33-34,60H,3-4,7-8,10-23,27H2,1H3,(H,51,61)(H,52,59,63);(H,6,7). The van der Waals surface area contributed by atoms with Crippen molar-refractivity contribution in [3.8, 4) is 5.75 Å². The molecule has 1 aromatic heterocycles. The average molecular weight is 983 g/mol. The van der Waals surface area contributed by atoms with E-state index in [4.69, 9.17) is 15.0 Å². The molecule has 4 N–H and O–H groups in total. The lowest BCUT2D eigenvalue weighted by atomic mass is 9.66. The number of nitrogens with one attached hydrogen (secondary N) is 2. The number of amides is 5. The van der Waals surface area contributed by atoms with Crippen molar-refractivity contribution in [3.63, 3.8) is 0 Å². The Morgan fingerprint density at radius 2 is 1.50 bits per heavy atom. The Morgan fingerprint density at radius 3 is 2.14 bits per heavy atom. The number of phenols is 1. The maximum absolute atomic E-state index is 14.2. The number of piperidine rings is 1. The maximum atomic E-state index is 14.2. The van der Waals surface area contributed by atoms with Crippen molar-refractivity contribution in [1.29, 1.82) is 0 Å². The number of carbonyl (C=O) groups excluding carboxylic acids is 4. The van der Waals surface area contributed by atoms with Gasteiger partial charge < -0.3 is 25.3 Å². The monoisotopic (exact) mass is 982 g/mol. The largest absolute Gasteiger partial charge is 0.503 e. The molecule has 376 valence electrons. The number of aryl methyl sites for hydroxylation is 1. The number of fused-ring (bicyclic) bond motifs is 1. The predicted molar refractivity (Wildman–Crippen MR) is 245 cm³/mol. The van der Waals surface area contributed by atoms with Gasteiger partial charge >= 0.3 is 18.2 Å². The Balaban J connectivity index is 0.000000876. The molecule has 4 aromatic rings. The SMILES string of the molecule is Cc1ccc(C(=O)N2CCC3(CCC(N4CCN(c5ccc6cn(C7CCC(CNC(=O)c8cc(F)c(O)c(F)c8F)CC7)nc6c5)CC4)CC3)CC2)cc1N1CCC(=O)NC1=O.O=C(O)C(F)(F)F. The second-order valence-electron chi connectivity index (χ2n) is 19.2. The topological polar surface area (TPSA) is 181 Å². The summed E-state index contributed by atoms with van der Waals surface area (Å²) < 4.78 is 75.5. The minimum Gasteiger partial charge on any atom is -0.503 e. The van der Waals surface area contributed by atoms with Crippen LogP contribution in [0.25, 0.3) is 10.9 Å². The number of urea groups is 1. The van der Waals surface area contributed by atoms with E-state index in [2.05, 4.69) is 49.5 Å². The van der Waals surface area contributed by atoms with Crippen LogP contribution in [-0.2, 0) is 9.59 Å². The first kappa shape index (κ1) is 50.0. The molecule has 15 nitrogen and oxygen atoms in total. The number of aromatic nitrogens is 2. The van der Waals surface area contributed by atoms with Gasteiger partial charge in [0.1, 0.15) is 0 Å². The molecule has 9 rings (SSSR count). The maximum Gasteiger partial charge on any atom is 0.490 e. The fraction of sp³-hybridized carbons (Fsp3) is 0.510. The van der Waals surface area contributed by atoms with Crippen molar-refractivity contribution in [3.05, 3.63) is 82.8 Å². The molecule has 0 radical (unpaired) electrons. The summed E-state index contributed by atoms with van der Waals surface area (Å²) >= 11 is 0. The van der Waals surface area contributed by atoms with Gasteiger partial charge in [0.15, 0.2) is 17.4 Å². The lowest BCUT2D eigenvalue weighted by Crippen LogP contribution is -2.52. The number of imide groups is 1. The van der Waals surface area contributed by atoms with Gasteiger partial charge in [-0.15, -0.1) is 0 Å². The van der Waals surface area contributed by atoms with E-state index < -0.39 is 52.8 Å². The number of aliphatic carboxylic acids is 1. The van der Waals surface area contributed by atoms with Crippen LogP contribution >= 0.6 is 0 Å². The third-order valence-corrected chi connectivity index (χ3v) is 15.0. The van der Waals surface area contributed by atoms with Gasteiger partial charge in [0.2, 0.25) is 11.7 Å². The zero-order valence-electron chi connectivity index (χ0n) is 38.7. The summed E-state index contributed by atoms with van der Waals surface area (Å²) in [6.07, 6.45) is 7.31. The molecule has 2 saturated carbocycles. The third kappa shape index (κ3) is 11.0. The molecule has 4 heterocycles. The Kier molecular flexibility index (Phi) is 14.7. The number of carboxylic acid groups (broad SMARTS) is 1. The number of likely N-dealkylation sites (tertiary alicyclic amines) is 1. The quantitative estimate of drug-likeness (QED) is 0.101. The van der Waals surface area contributed by atoms with E-state index >= 15 is 0 Å². The summed E-state index contributed by atoms with van der Waals surface area (Å²) in [6, 6.07) is 12.9. The smallest absolute Gasteiger partial charge is 0.490 e. The van der Waals surface area contributed by atoms with Gasteiger partial charge in [-0.05, 0) is 124 Å². The molecule has 5 amide bonds. The van der Waals surface area contributed by atoms with E-state index in [1.807, 2.05) is 24.0 Å². The number of phenolic OH excluding ortho intramolecular Hbond substituents is 1. The number of hydrogen-bond donors (Lipinski definition) is 4. The number of halogens is 6. The number of alkyl halides is 3. The molecule has 5 fully saturated rings. The number of carboxylic acids is 1. The molecule has 5 aliphatic rings. The van der Waals surface area contributed by atoms with Crippen molar-refractivity contribution in [1.82, 2.24) is 30.2 Å².